The molecule has 0 aliphatic rings. The Morgan fingerprint density at radius 2 is 1.70 bits per heavy atom. The average molecular weight is 284 g/mol. The molecule has 0 saturated carbocycles. The van der Waals surface area contributed by atoms with E-state index in [0.717, 1.165) is 0 Å². The summed E-state index contributed by atoms with van der Waals surface area (Å²) in [6, 6.07) is 1.76. The second-order valence-corrected chi connectivity index (χ2v) is 4.01. The summed E-state index contributed by atoms with van der Waals surface area (Å²) < 4.78 is 15.9. The Balaban J connectivity index is 2.75. The zero-order valence-corrected chi connectivity index (χ0v) is 12.5. The molecule has 0 aliphatic heterocycles. The zero-order chi connectivity index (χ0) is 14.8. The van der Waals surface area contributed by atoms with Crippen LogP contribution in [-0.2, 0) is 9.47 Å². The Morgan fingerprint density at radius 1 is 1.10 bits per heavy atom. The third-order valence-electron chi connectivity index (χ3n) is 2.66. The first-order valence-corrected chi connectivity index (χ1v) is 6.80. The van der Waals surface area contributed by atoms with Gasteiger partial charge < -0.3 is 24.8 Å². The van der Waals surface area contributed by atoms with Crippen molar-refractivity contribution in [2.24, 2.45) is 0 Å². The van der Waals surface area contributed by atoms with Crippen molar-refractivity contribution in [1.29, 1.82) is 0 Å². The smallest absolute Gasteiger partial charge is 0.225 e. The molecule has 0 aromatic carbocycles. The standard InChI is InChI=1S/C13H24N4O3/c1-4-19-8-6-17(7-9-20-5-2)11-10-12(18-3)16-13(14)15-11/h10H,4-9H2,1-3H3,(H2,14,15,16). The summed E-state index contributed by atoms with van der Waals surface area (Å²) in [5.74, 6) is 1.36. The van der Waals surface area contributed by atoms with Gasteiger partial charge in [-0.1, -0.05) is 0 Å². The molecule has 1 aromatic heterocycles. The highest BCUT2D eigenvalue weighted by atomic mass is 16.5. The van der Waals surface area contributed by atoms with Crippen LogP contribution in [0.4, 0.5) is 11.8 Å². The van der Waals surface area contributed by atoms with Gasteiger partial charge in [-0.3, -0.25) is 0 Å². The molecule has 0 saturated heterocycles. The van der Waals surface area contributed by atoms with E-state index >= 15 is 0 Å². The van der Waals surface area contributed by atoms with Crippen LogP contribution in [0.3, 0.4) is 0 Å². The lowest BCUT2D eigenvalue weighted by Crippen LogP contribution is -2.32. The van der Waals surface area contributed by atoms with E-state index in [4.69, 9.17) is 19.9 Å². The fraction of sp³-hybridized carbons (Fsp3) is 0.692. The van der Waals surface area contributed by atoms with Crippen molar-refractivity contribution >= 4 is 11.8 Å². The number of nitrogens with zero attached hydrogens (tertiary/aromatic N) is 3. The number of methoxy groups -OCH3 is 1. The summed E-state index contributed by atoms with van der Waals surface area (Å²) in [6.45, 7) is 7.97. The minimum Gasteiger partial charge on any atom is -0.481 e. The van der Waals surface area contributed by atoms with E-state index in [1.807, 2.05) is 18.7 Å². The second kappa shape index (κ2) is 9.33. The predicted octanol–water partition coefficient (Wildman–Crippen LogP) is 0.947. The molecule has 7 nitrogen and oxygen atoms in total. The summed E-state index contributed by atoms with van der Waals surface area (Å²) >= 11 is 0. The summed E-state index contributed by atoms with van der Waals surface area (Å²) in [5, 5.41) is 0. The van der Waals surface area contributed by atoms with Crippen LogP contribution in [0, 0.1) is 0 Å². The average Bonchev–Trinajstić information content (AvgIpc) is 2.45. The lowest BCUT2D eigenvalue weighted by molar-refractivity contribution is 0.141. The van der Waals surface area contributed by atoms with Gasteiger partial charge in [-0.2, -0.15) is 9.97 Å². The van der Waals surface area contributed by atoms with Crippen molar-refractivity contribution in [1.82, 2.24) is 9.97 Å². The molecule has 1 heterocycles. The summed E-state index contributed by atoms with van der Waals surface area (Å²) in [6.07, 6.45) is 0. The molecule has 20 heavy (non-hydrogen) atoms. The molecular weight excluding hydrogens is 260 g/mol. The molecule has 0 fully saturated rings. The molecule has 1 aromatic rings. The van der Waals surface area contributed by atoms with Crippen LogP contribution in [0.15, 0.2) is 6.07 Å². The molecule has 1 rings (SSSR count). The first-order valence-electron chi connectivity index (χ1n) is 6.80. The maximum Gasteiger partial charge on any atom is 0.225 e. The maximum atomic E-state index is 5.69. The molecule has 0 aliphatic carbocycles. The predicted molar refractivity (Wildman–Crippen MR) is 78.2 cm³/mol. The molecule has 0 spiro atoms. The third kappa shape index (κ3) is 5.58. The van der Waals surface area contributed by atoms with Crippen molar-refractivity contribution in [3.8, 4) is 5.88 Å². The number of aromatic nitrogens is 2. The van der Waals surface area contributed by atoms with Crippen LogP contribution < -0.4 is 15.4 Å². The zero-order valence-electron chi connectivity index (χ0n) is 12.5. The van der Waals surface area contributed by atoms with Gasteiger partial charge in [0.25, 0.3) is 0 Å². The lowest BCUT2D eigenvalue weighted by atomic mass is 10.4. The van der Waals surface area contributed by atoms with Gasteiger partial charge in [0.2, 0.25) is 11.8 Å². The minimum atomic E-state index is 0.192. The number of nitrogen functional groups attached to an aromatic ring is 1. The number of hydrogen-bond donors (Lipinski definition) is 1. The first-order chi connectivity index (χ1) is 9.71. The number of anilines is 2. The number of hydrogen-bond acceptors (Lipinski definition) is 7. The van der Waals surface area contributed by atoms with Crippen LogP contribution in [0.25, 0.3) is 0 Å². The van der Waals surface area contributed by atoms with Crippen LogP contribution in [0.1, 0.15) is 13.8 Å². The van der Waals surface area contributed by atoms with E-state index in [2.05, 4.69) is 9.97 Å². The van der Waals surface area contributed by atoms with Gasteiger partial charge in [0.05, 0.1) is 20.3 Å². The monoisotopic (exact) mass is 284 g/mol. The molecule has 0 radical (unpaired) electrons. The first kappa shape index (κ1) is 16.5. The highest BCUT2D eigenvalue weighted by Gasteiger charge is 2.11. The Hall–Kier alpha value is -1.60. The van der Waals surface area contributed by atoms with Gasteiger partial charge in [-0.25, -0.2) is 0 Å². The molecule has 2 N–H and O–H groups in total. The van der Waals surface area contributed by atoms with Gasteiger partial charge in [0, 0.05) is 32.4 Å². The van der Waals surface area contributed by atoms with Crippen molar-refractivity contribution in [2.75, 3.05) is 57.3 Å². The Labute approximate surface area is 120 Å². The van der Waals surface area contributed by atoms with Gasteiger partial charge in [0.15, 0.2) is 0 Å². The topological polar surface area (TPSA) is 82.7 Å². The van der Waals surface area contributed by atoms with Gasteiger partial charge in [-0.05, 0) is 13.8 Å². The van der Waals surface area contributed by atoms with E-state index in [9.17, 15) is 0 Å². The lowest BCUT2D eigenvalue weighted by Gasteiger charge is -2.23. The number of rotatable bonds is 10. The van der Waals surface area contributed by atoms with Crippen LogP contribution in [0.5, 0.6) is 5.88 Å². The van der Waals surface area contributed by atoms with E-state index in [0.29, 0.717) is 51.2 Å². The largest absolute Gasteiger partial charge is 0.481 e. The molecular formula is C13H24N4O3. The van der Waals surface area contributed by atoms with E-state index in [1.165, 1.54) is 0 Å². The highest BCUT2D eigenvalue weighted by Crippen LogP contribution is 2.18. The van der Waals surface area contributed by atoms with Gasteiger partial charge in [-0.15, -0.1) is 0 Å². The van der Waals surface area contributed by atoms with Crippen LogP contribution in [-0.4, -0.2) is 56.6 Å². The molecule has 0 atom stereocenters. The van der Waals surface area contributed by atoms with Crippen molar-refractivity contribution in [3.05, 3.63) is 6.07 Å². The Bertz CT molecular complexity index is 380. The van der Waals surface area contributed by atoms with Crippen molar-refractivity contribution < 1.29 is 14.2 Å². The van der Waals surface area contributed by atoms with Crippen LogP contribution in [0.2, 0.25) is 0 Å². The van der Waals surface area contributed by atoms with Crippen molar-refractivity contribution in [2.45, 2.75) is 13.8 Å². The minimum absolute atomic E-state index is 0.192. The second-order valence-electron chi connectivity index (χ2n) is 4.01. The summed E-state index contributed by atoms with van der Waals surface area (Å²) in [4.78, 5) is 10.3. The summed E-state index contributed by atoms with van der Waals surface area (Å²) in [5.41, 5.74) is 5.69. The normalized spacial score (nSPS) is 10.6. The van der Waals surface area contributed by atoms with E-state index in [-0.39, 0.29) is 5.95 Å². The fourth-order valence-electron chi connectivity index (χ4n) is 1.68. The van der Waals surface area contributed by atoms with E-state index in [1.54, 1.807) is 13.2 Å². The van der Waals surface area contributed by atoms with Crippen molar-refractivity contribution in [3.63, 3.8) is 0 Å². The Kier molecular flexibility index (Phi) is 7.67. The quantitative estimate of drug-likeness (QED) is 0.640. The Morgan fingerprint density at radius 3 is 2.20 bits per heavy atom. The van der Waals surface area contributed by atoms with E-state index < -0.39 is 0 Å². The maximum absolute atomic E-state index is 5.69. The summed E-state index contributed by atoms with van der Waals surface area (Å²) in [7, 11) is 1.55. The SMILES string of the molecule is CCOCCN(CCOCC)c1cc(OC)nc(N)n1. The highest BCUT2D eigenvalue weighted by molar-refractivity contribution is 5.45. The molecule has 0 unspecified atom stereocenters. The molecule has 114 valence electrons. The van der Waals surface area contributed by atoms with Gasteiger partial charge >= 0.3 is 0 Å². The fourth-order valence-corrected chi connectivity index (χ4v) is 1.68. The number of ether oxygens (including phenoxy) is 3. The van der Waals surface area contributed by atoms with Gasteiger partial charge in [0.1, 0.15) is 5.82 Å². The molecule has 0 bridgehead atoms. The third-order valence-corrected chi connectivity index (χ3v) is 2.66. The molecule has 0 amide bonds. The molecule has 7 heteroatoms. The van der Waals surface area contributed by atoms with Crippen LogP contribution >= 0.6 is 0 Å². The number of nitrogens with two attached hydrogens (primary N) is 1.